The van der Waals surface area contributed by atoms with Crippen molar-refractivity contribution in [1.82, 2.24) is 0 Å². The van der Waals surface area contributed by atoms with Crippen LogP contribution in [0.2, 0.25) is 0 Å². The summed E-state index contributed by atoms with van der Waals surface area (Å²) in [5.74, 6) is 3.16. The highest BCUT2D eigenvalue weighted by Crippen LogP contribution is 2.52. The molecule has 0 fully saturated rings. The van der Waals surface area contributed by atoms with E-state index < -0.39 is 0 Å². The van der Waals surface area contributed by atoms with Gasteiger partial charge < -0.3 is 9.64 Å². The first-order valence-corrected chi connectivity index (χ1v) is 17.5. The number of benzene rings is 5. The van der Waals surface area contributed by atoms with E-state index in [0.29, 0.717) is 17.8 Å². The minimum Gasteiger partial charge on any atom is -0.458 e. The SMILES string of the molecule is Cc1ccc2c(c1)C(C)(C)c1cc(C)ccc1N2c1ccc2c(c1)Oc1ccccc1B2c1c(C(C)C)cc(C(C)C)cc1C(C)C. The lowest BCUT2D eigenvalue weighted by Gasteiger charge is -2.42. The predicted octanol–water partition coefficient (Wildman–Crippen LogP) is 10.4. The minimum absolute atomic E-state index is 0.0881. The van der Waals surface area contributed by atoms with E-state index in [1.807, 2.05) is 0 Å². The average Bonchev–Trinajstić information content (AvgIpc) is 3.03. The Morgan fingerprint density at radius 2 is 1.15 bits per heavy atom. The topological polar surface area (TPSA) is 12.5 Å². The number of anilines is 3. The molecule has 0 amide bonds. The van der Waals surface area contributed by atoms with Gasteiger partial charge in [-0.3, -0.25) is 0 Å². The van der Waals surface area contributed by atoms with Crippen LogP contribution in [0, 0.1) is 13.8 Å². The van der Waals surface area contributed by atoms with Gasteiger partial charge in [-0.05, 0) is 94.6 Å². The maximum atomic E-state index is 6.85. The molecule has 5 aromatic rings. The fourth-order valence-electron chi connectivity index (χ4n) is 7.99. The molecule has 0 saturated heterocycles. The second kappa shape index (κ2) is 11.5. The molecule has 0 N–H and O–H groups in total. The Kier molecular flexibility index (Phi) is 7.66. The molecule has 0 aliphatic carbocycles. The zero-order chi connectivity index (χ0) is 33.4. The van der Waals surface area contributed by atoms with Crippen molar-refractivity contribution in [2.75, 3.05) is 4.90 Å². The predicted molar refractivity (Wildman–Crippen MR) is 203 cm³/mol. The van der Waals surface area contributed by atoms with Gasteiger partial charge in [0.15, 0.2) is 0 Å². The second-order valence-electron chi connectivity index (χ2n) is 15.4. The number of para-hydroxylation sites is 1. The van der Waals surface area contributed by atoms with Gasteiger partial charge in [0.05, 0.1) is 11.4 Å². The fourth-order valence-corrected chi connectivity index (χ4v) is 7.99. The van der Waals surface area contributed by atoms with Gasteiger partial charge >= 0.3 is 0 Å². The molecular formula is C44H48BNO. The Morgan fingerprint density at radius 1 is 0.596 bits per heavy atom. The number of rotatable bonds is 5. The summed E-state index contributed by atoms with van der Waals surface area (Å²) in [4.78, 5) is 2.45. The van der Waals surface area contributed by atoms with Crippen LogP contribution in [0.15, 0.2) is 91.0 Å². The fraction of sp³-hybridized carbons (Fsp3) is 0.318. The lowest BCUT2D eigenvalue weighted by molar-refractivity contribution is 0.487. The standard InChI is InChI=1S/C44H48BNO/c1-26(2)31-23-33(27(3)4)43(34(24-31)28(5)6)45-37-13-11-12-14-41(37)47-42-25-32(17-18-38(42)45)46-39-19-15-29(7)21-35(39)44(9,10)36-22-30(8)16-20-40(36)46/h11-28H,1-10H3. The number of hydrogen-bond acceptors (Lipinski definition) is 2. The summed E-state index contributed by atoms with van der Waals surface area (Å²) in [5.41, 5.74) is 17.0. The van der Waals surface area contributed by atoms with E-state index in [4.69, 9.17) is 4.74 Å². The Morgan fingerprint density at radius 3 is 1.70 bits per heavy atom. The van der Waals surface area contributed by atoms with Crippen molar-refractivity contribution >= 4 is 40.2 Å². The number of ether oxygens (including phenoxy) is 1. The Hall–Kier alpha value is -4.24. The van der Waals surface area contributed by atoms with Gasteiger partial charge in [0, 0.05) is 17.2 Å². The molecule has 0 spiro atoms. The van der Waals surface area contributed by atoms with E-state index in [0.717, 1.165) is 17.2 Å². The van der Waals surface area contributed by atoms with Crippen molar-refractivity contribution in [1.29, 1.82) is 0 Å². The molecule has 2 aliphatic rings. The highest BCUT2D eigenvalue weighted by molar-refractivity contribution is 6.97. The maximum absolute atomic E-state index is 6.85. The minimum atomic E-state index is -0.114. The van der Waals surface area contributed by atoms with Crippen LogP contribution in [0.4, 0.5) is 17.1 Å². The molecule has 5 aromatic carbocycles. The summed E-state index contributed by atoms with van der Waals surface area (Å²) in [7, 11) is 0. The van der Waals surface area contributed by atoms with Gasteiger partial charge in [0.2, 0.25) is 0 Å². The van der Waals surface area contributed by atoms with Crippen LogP contribution in [0.25, 0.3) is 0 Å². The van der Waals surface area contributed by atoms with Crippen molar-refractivity contribution in [2.45, 2.75) is 92.4 Å². The van der Waals surface area contributed by atoms with Crippen LogP contribution >= 0.6 is 0 Å². The summed E-state index contributed by atoms with van der Waals surface area (Å²) in [6.07, 6.45) is 0. The third kappa shape index (κ3) is 5.10. The lowest BCUT2D eigenvalue weighted by Crippen LogP contribution is -2.57. The van der Waals surface area contributed by atoms with Crippen LogP contribution in [0.1, 0.15) is 112 Å². The van der Waals surface area contributed by atoms with E-state index in [-0.39, 0.29) is 12.1 Å². The first-order chi connectivity index (χ1) is 22.4. The van der Waals surface area contributed by atoms with Crippen LogP contribution in [0.3, 0.4) is 0 Å². The first-order valence-electron chi connectivity index (χ1n) is 17.5. The van der Waals surface area contributed by atoms with Gasteiger partial charge in [0.1, 0.15) is 11.5 Å². The highest BCUT2D eigenvalue weighted by atomic mass is 16.5. The van der Waals surface area contributed by atoms with Gasteiger partial charge in [-0.2, -0.15) is 0 Å². The Labute approximate surface area is 282 Å². The molecule has 2 aliphatic heterocycles. The van der Waals surface area contributed by atoms with Crippen molar-refractivity contribution in [2.24, 2.45) is 0 Å². The molecule has 0 radical (unpaired) electrons. The van der Waals surface area contributed by atoms with Crippen LogP contribution in [-0.4, -0.2) is 6.71 Å². The Bertz CT molecular complexity index is 1930. The summed E-state index contributed by atoms with van der Waals surface area (Å²) in [6.45, 7) is 23.2. The summed E-state index contributed by atoms with van der Waals surface area (Å²) >= 11 is 0. The van der Waals surface area contributed by atoms with E-state index in [1.165, 1.54) is 66.7 Å². The first kappa shape index (κ1) is 31.4. The van der Waals surface area contributed by atoms with Crippen molar-refractivity contribution < 1.29 is 4.74 Å². The maximum Gasteiger partial charge on any atom is 0.251 e. The van der Waals surface area contributed by atoms with E-state index in [1.54, 1.807) is 0 Å². The van der Waals surface area contributed by atoms with Crippen molar-refractivity contribution in [3.05, 3.63) is 130 Å². The Balaban J connectivity index is 1.47. The molecule has 238 valence electrons. The molecule has 0 aromatic heterocycles. The highest BCUT2D eigenvalue weighted by Gasteiger charge is 2.39. The van der Waals surface area contributed by atoms with Gasteiger partial charge in [-0.25, -0.2) is 0 Å². The van der Waals surface area contributed by atoms with Crippen LogP contribution in [-0.2, 0) is 5.41 Å². The van der Waals surface area contributed by atoms with Crippen molar-refractivity contribution in [3.8, 4) is 11.5 Å². The zero-order valence-electron chi connectivity index (χ0n) is 29.8. The van der Waals surface area contributed by atoms with E-state index >= 15 is 0 Å². The molecule has 0 saturated carbocycles. The quantitative estimate of drug-likeness (QED) is 0.179. The molecule has 3 heteroatoms. The van der Waals surface area contributed by atoms with Gasteiger partial charge in [-0.15, -0.1) is 0 Å². The number of aryl methyl sites for hydroxylation is 2. The third-order valence-corrected chi connectivity index (χ3v) is 10.6. The van der Waals surface area contributed by atoms with Crippen LogP contribution in [0.5, 0.6) is 11.5 Å². The third-order valence-electron chi connectivity index (χ3n) is 10.6. The molecule has 2 nitrogen and oxygen atoms in total. The molecule has 47 heavy (non-hydrogen) atoms. The molecule has 0 bridgehead atoms. The molecule has 0 unspecified atom stereocenters. The average molecular weight is 618 g/mol. The smallest absolute Gasteiger partial charge is 0.251 e. The lowest BCUT2D eigenvalue weighted by atomic mass is 9.34. The molecular weight excluding hydrogens is 569 g/mol. The normalized spacial score (nSPS) is 14.6. The molecule has 2 heterocycles. The van der Waals surface area contributed by atoms with Gasteiger partial charge in [0.25, 0.3) is 6.71 Å². The second-order valence-corrected chi connectivity index (χ2v) is 15.4. The largest absolute Gasteiger partial charge is 0.458 e. The van der Waals surface area contributed by atoms with Crippen LogP contribution < -0.4 is 26.0 Å². The van der Waals surface area contributed by atoms with E-state index in [9.17, 15) is 0 Å². The summed E-state index contributed by atoms with van der Waals surface area (Å²) in [6, 6.07) is 34.4. The molecule has 0 atom stereocenters. The number of fused-ring (bicyclic) bond motifs is 4. The zero-order valence-corrected chi connectivity index (χ0v) is 29.8. The van der Waals surface area contributed by atoms with E-state index in [2.05, 4.69) is 165 Å². The summed E-state index contributed by atoms with van der Waals surface area (Å²) in [5, 5.41) is 0. The molecule has 7 rings (SSSR count). The van der Waals surface area contributed by atoms with Crippen molar-refractivity contribution in [3.63, 3.8) is 0 Å². The number of hydrogen-bond donors (Lipinski definition) is 0. The monoisotopic (exact) mass is 617 g/mol. The van der Waals surface area contributed by atoms with Gasteiger partial charge in [-0.1, -0.05) is 133 Å². The summed E-state index contributed by atoms with van der Waals surface area (Å²) < 4.78 is 6.85. The number of nitrogens with zero attached hydrogens (tertiary/aromatic N) is 1.